The number of amides is 1. The fourth-order valence-corrected chi connectivity index (χ4v) is 3.99. The van der Waals surface area contributed by atoms with Gasteiger partial charge in [-0.25, -0.2) is 4.39 Å². The van der Waals surface area contributed by atoms with Gasteiger partial charge in [0, 0.05) is 36.7 Å². The molecule has 1 atom stereocenters. The summed E-state index contributed by atoms with van der Waals surface area (Å²) in [5.74, 6) is 0.454. The van der Waals surface area contributed by atoms with E-state index in [4.69, 9.17) is 4.74 Å². The summed E-state index contributed by atoms with van der Waals surface area (Å²) in [6.07, 6.45) is 0.424. The molecule has 0 aliphatic carbocycles. The lowest BCUT2D eigenvalue weighted by molar-refractivity contribution is -0.121. The molecule has 1 aliphatic rings. The number of rotatable bonds is 8. The molecule has 0 radical (unpaired) electrons. The molecule has 0 aromatic heterocycles. The number of morpholine rings is 1. The number of hydrogen-bond acceptors (Lipinski definition) is 4. The molecular weight excluding hydrogens is 375 g/mol. The van der Waals surface area contributed by atoms with Crippen LogP contribution in [0.3, 0.4) is 0 Å². The first-order valence-corrected chi connectivity index (χ1v) is 10.6. The molecule has 2 aromatic rings. The third-order valence-corrected chi connectivity index (χ3v) is 5.78. The van der Waals surface area contributed by atoms with Crippen molar-refractivity contribution in [1.29, 1.82) is 0 Å². The number of halogens is 1. The topological polar surface area (TPSA) is 41.6 Å². The van der Waals surface area contributed by atoms with Gasteiger partial charge < -0.3 is 10.1 Å². The normalized spacial score (nSPS) is 15.9. The number of benzene rings is 2. The van der Waals surface area contributed by atoms with Crippen molar-refractivity contribution in [3.63, 3.8) is 0 Å². The Morgan fingerprint density at radius 1 is 1.14 bits per heavy atom. The molecule has 150 valence electrons. The molecule has 1 saturated heterocycles. The molecule has 4 nitrogen and oxygen atoms in total. The van der Waals surface area contributed by atoms with E-state index in [1.54, 1.807) is 23.9 Å². The number of ether oxygens (including phenoxy) is 1. The summed E-state index contributed by atoms with van der Waals surface area (Å²) < 4.78 is 18.4. The lowest BCUT2D eigenvalue weighted by Crippen LogP contribution is -2.43. The van der Waals surface area contributed by atoms with E-state index in [0.29, 0.717) is 12.2 Å². The molecule has 3 rings (SSSR count). The molecular formula is C22H27FN2O2S. The second kappa shape index (κ2) is 10.6. The number of nitrogens with zero attached hydrogens (tertiary/aromatic N) is 1. The zero-order valence-electron chi connectivity index (χ0n) is 16.2. The van der Waals surface area contributed by atoms with E-state index in [9.17, 15) is 9.18 Å². The highest BCUT2D eigenvalue weighted by atomic mass is 32.2. The molecule has 1 fully saturated rings. The minimum absolute atomic E-state index is 0.0356. The Bertz CT molecular complexity index is 746. The minimum Gasteiger partial charge on any atom is -0.379 e. The summed E-state index contributed by atoms with van der Waals surface area (Å²) in [7, 11) is 0. The van der Waals surface area contributed by atoms with Gasteiger partial charge in [-0.3, -0.25) is 9.69 Å². The molecule has 1 amide bonds. The standard InChI is InChI=1S/C22H27FN2O2S/c1-17-2-4-18(5-3-17)21(16-25-11-13-27-14-12-25)24-22(26)10-15-28-20-8-6-19(23)7-9-20/h2-9,21H,10-16H2,1H3,(H,24,26)/t21-/m1/s1. The van der Waals surface area contributed by atoms with Crippen LogP contribution < -0.4 is 5.32 Å². The van der Waals surface area contributed by atoms with Gasteiger partial charge in [-0.15, -0.1) is 11.8 Å². The van der Waals surface area contributed by atoms with Gasteiger partial charge in [-0.05, 0) is 36.8 Å². The average molecular weight is 403 g/mol. The highest BCUT2D eigenvalue weighted by Gasteiger charge is 2.20. The maximum Gasteiger partial charge on any atom is 0.221 e. The highest BCUT2D eigenvalue weighted by Crippen LogP contribution is 2.20. The van der Waals surface area contributed by atoms with Crippen LogP contribution in [0.15, 0.2) is 53.4 Å². The maximum absolute atomic E-state index is 13.0. The first-order valence-electron chi connectivity index (χ1n) is 9.64. The number of thioether (sulfide) groups is 1. The van der Waals surface area contributed by atoms with E-state index >= 15 is 0 Å². The first kappa shape index (κ1) is 20.8. The number of carbonyl (C=O) groups excluding carboxylic acids is 1. The van der Waals surface area contributed by atoms with E-state index in [2.05, 4.69) is 41.4 Å². The van der Waals surface area contributed by atoms with Gasteiger partial charge in [0.05, 0.1) is 19.3 Å². The minimum atomic E-state index is -0.244. The zero-order valence-corrected chi connectivity index (χ0v) is 17.0. The largest absolute Gasteiger partial charge is 0.379 e. The summed E-state index contributed by atoms with van der Waals surface area (Å²) in [6.45, 7) is 6.10. The highest BCUT2D eigenvalue weighted by molar-refractivity contribution is 7.99. The van der Waals surface area contributed by atoms with Crippen LogP contribution in [0.25, 0.3) is 0 Å². The molecule has 2 aromatic carbocycles. The summed E-state index contributed by atoms with van der Waals surface area (Å²) in [5, 5.41) is 3.20. The molecule has 0 bridgehead atoms. The van der Waals surface area contributed by atoms with E-state index in [0.717, 1.165) is 43.3 Å². The molecule has 0 unspecified atom stereocenters. The van der Waals surface area contributed by atoms with Crippen molar-refractivity contribution in [2.75, 3.05) is 38.6 Å². The molecule has 0 saturated carbocycles. The zero-order chi connectivity index (χ0) is 19.8. The average Bonchev–Trinajstić information content (AvgIpc) is 2.70. The number of hydrogen-bond donors (Lipinski definition) is 1. The Kier molecular flexibility index (Phi) is 7.89. The van der Waals surface area contributed by atoms with Crippen LogP contribution in [0.2, 0.25) is 0 Å². The van der Waals surface area contributed by atoms with Crippen molar-refractivity contribution in [3.8, 4) is 0 Å². The van der Waals surface area contributed by atoms with E-state index in [-0.39, 0.29) is 17.8 Å². The van der Waals surface area contributed by atoms with Gasteiger partial charge >= 0.3 is 0 Å². The van der Waals surface area contributed by atoms with Crippen LogP contribution in [0, 0.1) is 12.7 Å². The Hall–Kier alpha value is -1.89. The van der Waals surface area contributed by atoms with Crippen LogP contribution in [0.5, 0.6) is 0 Å². The number of aryl methyl sites for hydroxylation is 1. The Balaban J connectivity index is 1.55. The molecule has 28 heavy (non-hydrogen) atoms. The van der Waals surface area contributed by atoms with Gasteiger partial charge in [-0.1, -0.05) is 29.8 Å². The second-order valence-electron chi connectivity index (χ2n) is 7.00. The number of carbonyl (C=O) groups is 1. The van der Waals surface area contributed by atoms with E-state index in [1.165, 1.54) is 17.7 Å². The molecule has 1 N–H and O–H groups in total. The molecule has 1 aliphatic heterocycles. The third-order valence-electron chi connectivity index (χ3n) is 4.77. The summed E-state index contributed by atoms with van der Waals surface area (Å²) in [5.41, 5.74) is 2.33. The lowest BCUT2D eigenvalue weighted by Gasteiger charge is -2.31. The third kappa shape index (κ3) is 6.62. The SMILES string of the molecule is Cc1ccc([C@@H](CN2CCOCC2)NC(=O)CCSc2ccc(F)cc2)cc1. The van der Waals surface area contributed by atoms with Crippen molar-refractivity contribution in [2.24, 2.45) is 0 Å². The monoisotopic (exact) mass is 402 g/mol. The molecule has 0 spiro atoms. The summed E-state index contributed by atoms with van der Waals surface area (Å²) >= 11 is 1.56. The lowest BCUT2D eigenvalue weighted by atomic mass is 10.0. The number of nitrogens with one attached hydrogen (secondary N) is 1. The smallest absolute Gasteiger partial charge is 0.221 e. The van der Waals surface area contributed by atoms with Crippen molar-refractivity contribution in [1.82, 2.24) is 10.2 Å². The van der Waals surface area contributed by atoms with Crippen molar-refractivity contribution in [2.45, 2.75) is 24.3 Å². The van der Waals surface area contributed by atoms with Gasteiger partial charge in [0.25, 0.3) is 0 Å². The van der Waals surface area contributed by atoms with Crippen molar-refractivity contribution < 1.29 is 13.9 Å². The molecule has 1 heterocycles. The van der Waals surface area contributed by atoms with Gasteiger partial charge in [0.15, 0.2) is 0 Å². The second-order valence-corrected chi connectivity index (χ2v) is 8.16. The van der Waals surface area contributed by atoms with Gasteiger partial charge in [0.1, 0.15) is 5.82 Å². The van der Waals surface area contributed by atoms with Gasteiger partial charge in [0.2, 0.25) is 5.91 Å². The van der Waals surface area contributed by atoms with Gasteiger partial charge in [-0.2, -0.15) is 0 Å². The van der Waals surface area contributed by atoms with Crippen molar-refractivity contribution in [3.05, 3.63) is 65.5 Å². The Morgan fingerprint density at radius 2 is 1.82 bits per heavy atom. The summed E-state index contributed by atoms with van der Waals surface area (Å²) in [4.78, 5) is 15.9. The predicted molar refractivity (Wildman–Crippen MR) is 111 cm³/mol. The van der Waals surface area contributed by atoms with Crippen LogP contribution in [0.4, 0.5) is 4.39 Å². The van der Waals surface area contributed by atoms with Crippen LogP contribution >= 0.6 is 11.8 Å². The predicted octanol–water partition coefficient (Wildman–Crippen LogP) is 3.81. The van der Waals surface area contributed by atoms with E-state index < -0.39 is 0 Å². The maximum atomic E-state index is 13.0. The quantitative estimate of drug-likeness (QED) is 0.682. The first-order chi connectivity index (χ1) is 13.6. The van der Waals surface area contributed by atoms with Crippen LogP contribution in [-0.2, 0) is 9.53 Å². The van der Waals surface area contributed by atoms with E-state index in [1.807, 2.05) is 0 Å². The Labute approximate surface area is 170 Å². The molecule has 6 heteroatoms. The van der Waals surface area contributed by atoms with Crippen LogP contribution in [-0.4, -0.2) is 49.4 Å². The Morgan fingerprint density at radius 3 is 2.50 bits per heavy atom. The van der Waals surface area contributed by atoms with Crippen LogP contribution in [0.1, 0.15) is 23.6 Å². The fourth-order valence-electron chi connectivity index (χ4n) is 3.13. The van der Waals surface area contributed by atoms with Crippen molar-refractivity contribution >= 4 is 17.7 Å². The fraction of sp³-hybridized carbons (Fsp3) is 0.409. The summed E-state index contributed by atoms with van der Waals surface area (Å²) in [6, 6.07) is 14.7.